The average Bonchev–Trinajstić information content (AvgIpc) is 1.83. The van der Waals surface area contributed by atoms with Gasteiger partial charge in [0.25, 0.3) is 0 Å². The van der Waals surface area contributed by atoms with Crippen LogP contribution in [0.25, 0.3) is 0 Å². The van der Waals surface area contributed by atoms with Gasteiger partial charge in [0.05, 0.1) is 6.42 Å². The van der Waals surface area contributed by atoms with Gasteiger partial charge in [-0.2, -0.15) is 0 Å². The molecule has 0 rings (SSSR count). The first-order valence-electron chi connectivity index (χ1n) is 3.64. The van der Waals surface area contributed by atoms with Crippen LogP contribution < -0.4 is 5.32 Å². The fraction of sp³-hybridized carbons (Fsp3) is 0.714. The Balaban J connectivity index is 0. The molecule has 13 heavy (non-hydrogen) atoms. The summed E-state index contributed by atoms with van der Waals surface area (Å²) in [7, 11) is 0. The third-order valence-electron chi connectivity index (χ3n) is 1.21. The molecule has 6 heteroatoms. The summed E-state index contributed by atoms with van der Waals surface area (Å²) in [5, 5.41) is 19.5. The molecule has 0 amide bonds. The molecule has 0 aromatic heterocycles. The van der Waals surface area contributed by atoms with Crippen LogP contribution in [-0.2, 0) is 30.7 Å². The molecule has 0 aromatic carbocycles. The molecule has 0 aliphatic heterocycles. The standard InChI is InChI=1S/C7H13NO4.Pt/c1-4(2)8-5(7(11)12)3-6(9)10;/h4-5,8H,3H2,1-2H3,(H,9,10)(H,11,12);. The Morgan fingerprint density at radius 2 is 1.77 bits per heavy atom. The van der Waals surface area contributed by atoms with Crippen molar-refractivity contribution in [2.24, 2.45) is 0 Å². The zero-order chi connectivity index (χ0) is 9.72. The van der Waals surface area contributed by atoms with E-state index in [2.05, 4.69) is 5.32 Å². The van der Waals surface area contributed by atoms with Crippen molar-refractivity contribution in [2.75, 3.05) is 0 Å². The van der Waals surface area contributed by atoms with E-state index in [-0.39, 0.29) is 27.1 Å². The van der Waals surface area contributed by atoms with Crippen molar-refractivity contribution in [1.82, 2.24) is 5.32 Å². The second-order valence-corrected chi connectivity index (χ2v) is 2.81. The Morgan fingerprint density at radius 1 is 1.31 bits per heavy atom. The van der Waals surface area contributed by atoms with Gasteiger partial charge >= 0.3 is 11.9 Å². The van der Waals surface area contributed by atoms with Gasteiger partial charge in [0.15, 0.2) is 0 Å². The summed E-state index contributed by atoms with van der Waals surface area (Å²) in [6.07, 6.45) is -0.395. The van der Waals surface area contributed by atoms with Crippen LogP contribution in [0.4, 0.5) is 0 Å². The van der Waals surface area contributed by atoms with E-state index in [4.69, 9.17) is 10.2 Å². The SMILES string of the molecule is CC(C)NC(CC(=O)O)C(=O)O.[Pt]. The molecule has 0 spiro atoms. The largest absolute Gasteiger partial charge is 0.481 e. The van der Waals surface area contributed by atoms with Crippen LogP contribution in [0.1, 0.15) is 20.3 Å². The number of aliphatic carboxylic acids is 2. The minimum atomic E-state index is -1.13. The van der Waals surface area contributed by atoms with Gasteiger partial charge < -0.3 is 15.5 Å². The first-order chi connectivity index (χ1) is 5.43. The zero-order valence-electron chi connectivity index (χ0n) is 7.39. The number of carboxylic acids is 2. The van der Waals surface area contributed by atoms with Crippen LogP contribution in [-0.4, -0.2) is 34.2 Å². The maximum atomic E-state index is 10.4. The van der Waals surface area contributed by atoms with Gasteiger partial charge in [0, 0.05) is 27.1 Å². The number of hydrogen-bond acceptors (Lipinski definition) is 3. The topological polar surface area (TPSA) is 86.6 Å². The van der Waals surface area contributed by atoms with Crippen LogP contribution in [0.2, 0.25) is 0 Å². The molecule has 0 bridgehead atoms. The Morgan fingerprint density at radius 3 is 2.00 bits per heavy atom. The molecular weight excluding hydrogens is 357 g/mol. The molecule has 0 saturated carbocycles. The number of rotatable bonds is 5. The number of carbonyl (C=O) groups is 2. The summed E-state index contributed by atoms with van der Waals surface area (Å²) >= 11 is 0. The van der Waals surface area contributed by atoms with Crippen LogP contribution in [0.3, 0.4) is 0 Å². The Hall–Kier alpha value is -0.412. The van der Waals surface area contributed by atoms with Crippen molar-refractivity contribution in [3.05, 3.63) is 0 Å². The fourth-order valence-electron chi connectivity index (χ4n) is 0.795. The van der Waals surface area contributed by atoms with Crippen molar-refractivity contribution in [3.63, 3.8) is 0 Å². The molecule has 1 unspecified atom stereocenters. The van der Waals surface area contributed by atoms with Gasteiger partial charge in [0.2, 0.25) is 0 Å². The van der Waals surface area contributed by atoms with Gasteiger partial charge in [-0.05, 0) is 0 Å². The Labute approximate surface area is 90.8 Å². The second kappa shape index (κ2) is 7.04. The average molecular weight is 370 g/mol. The van der Waals surface area contributed by atoms with Gasteiger partial charge in [-0.3, -0.25) is 9.59 Å². The molecule has 0 aromatic rings. The summed E-state index contributed by atoms with van der Waals surface area (Å²) in [5.41, 5.74) is 0. The van der Waals surface area contributed by atoms with Gasteiger partial charge in [-0.15, -0.1) is 0 Å². The van der Waals surface area contributed by atoms with Crippen molar-refractivity contribution < 1.29 is 40.9 Å². The van der Waals surface area contributed by atoms with Gasteiger partial charge in [-0.25, -0.2) is 0 Å². The van der Waals surface area contributed by atoms with Crippen molar-refractivity contribution in [3.8, 4) is 0 Å². The monoisotopic (exact) mass is 370 g/mol. The van der Waals surface area contributed by atoms with Crippen LogP contribution in [0.15, 0.2) is 0 Å². The van der Waals surface area contributed by atoms with E-state index in [1.807, 2.05) is 0 Å². The normalized spacial score (nSPS) is 11.9. The molecule has 0 aliphatic carbocycles. The summed E-state index contributed by atoms with van der Waals surface area (Å²) in [4.78, 5) is 20.6. The summed E-state index contributed by atoms with van der Waals surface area (Å²) in [6.45, 7) is 3.52. The predicted molar refractivity (Wildman–Crippen MR) is 41.9 cm³/mol. The second-order valence-electron chi connectivity index (χ2n) is 2.81. The molecular formula is C7H13NO4Pt. The molecule has 80 valence electrons. The summed E-state index contributed by atoms with van der Waals surface area (Å²) in [5.74, 6) is -2.25. The first-order valence-corrected chi connectivity index (χ1v) is 3.64. The smallest absolute Gasteiger partial charge is 0.321 e. The quantitative estimate of drug-likeness (QED) is 0.630. The minimum Gasteiger partial charge on any atom is -0.481 e. The van der Waals surface area contributed by atoms with E-state index >= 15 is 0 Å². The van der Waals surface area contributed by atoms with Gasteiger partial charge in [0.1, 0.15) is 6.04 Å². The van der Waals surface area contributed by atoms with Crippen molar-refractivity contribution >= 4 is 11.9 Å². The first kappa shape index (κ1) is 15.1. The summed E-state index contributed by atoms with van der Waals surface area (Å²) < 4.78 is 0. The third-order valence-corrected chi connectivity index (χ3v) is 1.21. The number of hydrogen-bond donors (Lipinski definition) is 3. The van der Waals surface area contributed by atoms with Crippen molar-refractivity contribution in [1.29, 1.82) is 0 Å². The predicted octanol–water partition coefficient (Wildman–Crippen LogP) is -0.0902. The fourth-order valence-corrected chi connectivity index (χ4v) is 0.795. The van der Waals surface area contributed by atoms with Crippen LogP contribution >= 0.6 is 0 Å². The van der Waals surface area contributed by atoms with E-state index < -0.39 is 24.4 Å². The Kier molecular flexibility index (Phi) is 8.16. The third kappa shape index (κ3) is 7.93. The van der Waals surface area contributed by atoms with Crippen LogP contribution in [0, 0.1) is 0 Å². The minimum absolute atomic E-state index is 0. The maximum absolute atomic E-state index is 10.4. The van der Waals surface area contributed by atoms with E-state index in [9.17, 15) is 9.59 Å². The van der Waals surface area contributed by atoms with E-state index in [0.717, 1.165) is 0 Å². The molecule has 0 aliphatic rings. The Bertz CT molecular complexity index is 183. The molecule has 0 radical (unpaired) electrons. The molecule has 5 nitrogen and oxygen atoms in total. The van der Waals surface area contributed by atoms with Gasteiger partial charge in [-0.1, -0.05) is 13.8 Å². The molecule has 3 N–H and O–H groups in total. The number of carboxylic acid groups (broad SMARTS) is 2. The zero-order valence-corrected chi connectivity index (χ0v) is 9.66. The maximum Gasteiger partial charge on any atom is 0.321 e. The molecule has 0 heterocycles. The van der Waals surface area contributed by atoms with E-state index in [1.165, 1.54) is 0 Å². The van der Waals surface area contributed by atoms with Crippen LogP contribution in [0.5, 0.6) is 0 Å². The molecule has 0 saturated heterocycles. The van der Waals surface area contributed by atoms with E-state index in [1.54, 1.807) is 13.8 Å². The van der Waals surface area contributed by atoms with E-state index in [0.29, 0.717) is 0 Å². The summed E-state index contributed by atoms with van der Waals surface area (Å²) in [6, 6.07) is -1.03. The molecule has 1 atom stereocenters. The van der Waals surface area contributed by atoms with Crippen molar-refractivity contribution in [2.45, 2.75) is 32.4 Å². The molecule has 0 fully saturated rings. The number of nitrogens with one attached hydrogen (secondary N) is 1.